The summed E-state index contributed by atoms with van der Waals surface area (Å²) in [5, 5.41) is 2.89. The smallest absolute Gasteiger partial charge is 0.213 e. The van der Waals surface area contributed by atoms with Gasteiger partial charge in [0.05, 0.1) is 11.4 Å². The maximum absolute atomic E-state index is 11.1. The summed E-state index contributed by atoms with van der Waals surface area (Å²) in [4.78, 5) is 4.03. The van der Waals surface area contributed by atoms with E-state index in [2.05, 4.69) is 15.0 Å². The highest BCUT2D eigenvalue weighted by Gasteiger charge is 2.07. The van der Waals surface area contributed by atoms with Crippen LogP contribution in [0, 0.1) is 6.92 Å². The number of sulfonamides is 1. The molecule has 0 radical (unpaired) electrons. The van der Waals surface area contributed by atoms with E-state index in [4.69, 9.17) is 5.73 Å². The first-order valence-corrected chi connectivity index (χ1v) is 6.47. The van der Waals surface area contributed by atoms with Crippen LogP contribution >= 0.6 is 0 Å². The van der Waals surface area contributed by atoms with Crippen molar-refractivity contribution >= 4 is 21.5 Å². The van der Waals surface area contributed by atoms with E-state index in [0.29, 0.717) is 11.5 Å². The van der Waals surface area contributed by atoms with E-state index in [0.717, 1.165) is 5.56 Å². The number of rotatable bonds is 5. The van der Waals surface area contributed by atoms with Crippen LogP contribution in [-0.4, -0.2) is 32.7 Å². The van der Waals surface area contributed by atoms with Crippen LogP contribution in [0.5, 0.6) is 0 Å². The summed E-state index contributed by atoms with van der Waals surface area (Å²) in [6, 6.07) is 1.80. The number of nitrogens with one attached hydrogen (secondary N) is 2. The van der Waals surface area contributed by atoms with E-state index >= 15 is 0 Å². The Labute approximate surface area is 95.3 Å². The van der Waals surface area contributed by atoms with Gasteiger partial charge in [0.15, 0.2) is 0 Å². The minimum Gasteiger partial charge on any atom is -0.396 e. The van der Waals surface area contributed by atoms with Gasteiger partial charge in [0, 0.05) is 12.7 Å². The van der Waals surface area contributed by atoms with Gasteiger partial charge in [0.25, 0.3) is 0 Å². The fourth-order valence-corrected chi connectivity index (χ4v) is 1.69. The summed E-state index contributed by atoms with van der Waals surface area (Å²) >= 11 is 0. The van der Waals surface area contributed by atoms with Crippen molar-refractivity contribution in [3.05, 3.63) is 17.8 Å². The number of pyridine rings is 1. The minimum absolute atomic E-state index is 0.0153. The molecule has 4 N–H and O–H groups in total. The Bertz CT molecular complexity index is 459. The zero-order chi connectivity index (χ0) is 12.2. The molecule has 0 atom stereocenters. The number of nitrogens with zero attached hydrogens (tertiary/aromatic N) is 1. The van der Waals surface area contributed by atoms with E-state index < -0.39 is 10.0 Å². The molecule has 0 bridgehead atoms. The molecule has 16 heavy (non-hydrogen) atoms. The number of anilines is 2. The Hall–Kier alpha value is -1.34. The predicted octanol–water partition coefficient (Wildman–Crippen LogP) is -0.0667. The van der Waals surface area contributed by atoms with Crippen molar-refractivity contribution in [1.82, 2.24) is 9.71 Å². The van der Waals surface area contributed by atoms with E-state index in [1.807, 2.05) is 6.92 Å². The van der Waals surface area contributed by atoms with Crippen molar-refractivity contribution in [2.45, 2.75) is 6.92 Å². The molecule has 1 aromatic rings. The molecule has 1 rings (SSSR count). The summed E-state index contributed by atoms with van der Waals surface area (Å²) in [5.74, 6) is 0.504. The minimum atomic E-state index is -3.19. The highest BCUT2D eigenvalue weighted by Crippen LogP contribution is 2.18. The van der Waals surface area contributed by atoms with Gasteiger partial charge in [0.1, 0.15) is 5.82 Å². The second-order valence-electron chi connectivity index (χ2n) is 3.34. The van der Waals surface area contributed by atoms with Gasteiger partial charge in [-0.1, -0.05) is 0 Å². The van der Waals surface area contributed by atoms with E-state index in [9.17, 15) is 8.42 Å². The zero-order valence-electron chi connectivity index (χ0n) is 9.32. The second-order valence-corrected chi connectivity index (χ2v) is 5.39. The SMILES string of the molecule is CNS(=O)(=O)CCNc1nccc(C)c1N. The number of nitrogen functional groups attached to an aromatic ring is 1. The summed E-state index contributed by atoms with van der Waals surface area (Å²) < 4.78 is 24.5. The molecule has 0 fully saturated rings. The first-order valence-electron chi connectivity index (χ1n) is 4.82. The van der Waals surface area contributed by atoms with Gasteiger partial charge in [-0.3, -0.25) is 0 Å². The fourth-order valence-electron chi connectivity index (χ4n) is 1.12. The molecule has 0 saturated carbocycles. The summed E-state index contributed by atoms with van der Waals surface area (Å²) in [5.41, 5.74) is 7.23. The lowest BCUT2D eigenvalue weighted by Gasteiger charge is -2.09. The molecule has 0 aromatic carbocycles. The predicted molar refractivity (Wildman–Crippen MR) is 64.7 cm³/mol. The van der Waals surface area contributed by atoms with Gasteiger partial charge in [-0.2, -0.15) is 0 Å². The van der Waals surface area contributed by atoms with Crippen LogP contribution in [0.2, 0.25) is 0 Å². The third-order valence-electron chi connectivity index (χ3n) is 2.18. The van der Waals surface area contributed by atoms with E-state index in [-0.39, 0.29) is 12.3 Å². The highest BCUT2D eigenvalue weighted by molar-refractivity contribution is 7.89. The van der Waals surface area contributed by atoms with Crippen LogP contribution in [0.15, 0.2) is 12.3 Å². The third kappa shape index (κ3) is 3.35. The maximum atomic E-state index is 11.1. The second kappa shape index (κ2) is 5.13. The molecule has 0 unspecified atom stereocenters. The van der Waals surface area contributed by atoms with Crippen molar-refractivity contribution in [3.63, 3.8) is 0 Å². The number of aromatic nitrogens is 1. The van der Waals surface area contributed by atoms with Crippen LogP contribution in [0.3, 0.4) is 0 Å². The molecule has 0 aliphatic rings. The average molecular weight is 244 g/mol. The number of hydrogen-bond donors (Lipinski definition) is 3. The summed E-state index contributed by atoms with van der Waals surface area (Å²) in [6.45, 7) is 2.14. The molecule has 7 heteroatoms. The Morgan fingerprint density at radius 1 is 1.50 bits per heavy atom. The Morgan fingerprint density at radius 2 is 2.19 bits per heavy atom. The lowest BCUT2D eigenvalue weighted by Crippen LogP contribution is -2.26. The molecular weight excluding hydrogens is 228 g/mol. The quantitative estimate of drug-likeness (QED) is 0.674. The van der Waals surface area contributed by atoms with Crippen molar-refractivity contribution in [2.75, 3.05) is 30.4 Å². The number of nitrogens with two attached hydrogens (primary N) is 1. The molecule has 1 heterocycles. The van der Waals surface area contributed by atoms with E-state index in [1.165, 1.54) is 7.05 Å². The zero-order valence-corrected chi connectivity index (χ0v) is 10.1. The summed E-state index contributed by atoms with van der Waals surface area (Å²) in [6.07, 6.45) is 1.63. The third-order valence-corrected chi connectivity index (χ3v) is 3.55. The van der Waals surface area contributed by atoms with Crippen LogP contribution < -0.4 is 15.8 Å². The maximum Gasteiger partial charge on any atom is 0.213 e. The topological polar surface area (TPSA) is 97.1 Å². The highest BCUT2D eigenvalue weighted by atomic mass is 32.2. The van der Waals surface area contributed by atoms with Gasteiger partial charge in [-0.15, -0.1) is 0 Å². The largest absolute Gasteiger partial charge is 0.396 e. The molecule has 0 saturated heterocycles. The van der Waals surface area contributed by atoms with Gasteiger partial charge in [-0.05, 0) is 25.6 Å². The molecule has 0 aliphatic heterocycles. The lowest BCUT2D eigenvalue weighted by atomic mass is 10.2. The molecule has 1 aromatic heterocycles. The van der Waals surface area contributed by atoms with Gasteiger partial charge >= 0.3 is 0 Å². The molecule has 0 amide bonds. The first kappa shape index (κ1) is 12.7. The lowest BCUT2D eigenvalue weighted by molar-refractivity contribution is 0.588. The molecule has 90 valence electrons. The molecule has 0 spiro atoms. The Morgan fingerprint density at radius 3 is 2.81 bits per heavy atom. The van der Waals surface area contributed by atoms with Crippen molar-refractivity contribution in [3.8, 4) is 0 Å². The van der Waals surface area contributed by atoms with Crippen LogP contribution in [0.25, 0.3) is 0 Å². The van der Waals surface area contributed by atoms with Crippen molar-refractivity contribution in [2.24, 2.45) is 0 Å². The molecule has 6 nitrogen and oxygen atoms in total. The number of hydrogen-bond acceptors (Lipinski definition) is 5. The number of aryl methyl sites for hydroxylation is 1. The Kier molecular flexibility index (Phi) is 4.08. The monoisotopic (exact) mass is 244 g/mol. The van der Waals surface area contributed by atoms with Crippen LogP contribution in [0.1, 0.15) is 5.56 Å². The van der Waals surface area contributed by atoms with Gasteiger partial charge in [-0.25, -0.2) is 18.1 Å². The molecular formula is C9H16N4O2S. The Balaban J connectivity index is 2.59. The van der Waals surface area contributed by atoms with Crippen molar-refractivity contribution in [1.29, 1.82) is 0 Å². The normalized spacial score (nSPS) is 11.4. The average Bonchev–Trinajstić information content (AvgIpc) is 2.24. The molecule has 0 aliphatic carbocycles. The summed E-state index contributed by atoms with van der Waals surface area (Å²) in [7, 11) is -1.81. The fraction of sp³-hybridized carbons (Fsp3) is 0.444. The van der Waals surface area contributed by atoms with Gasteiger partial charge < -0.3 is 11.1 Å². The standard InChI is InChI=1S/C9H16N4O2S/c1-7-3-4-12-9(8(7)10)13-5-6-16(14,15)11-2/h3-4,11H,5-6,10H2,1-2H3,(H,12,13). The van der Waals surface area contributed by atoms with Crippen molar-refractivity contribution < 1.29 is 8.42 Å². The first-order chi connectivity index (χ1) is 7.46. The van der Waals surface area contributed by atoms with Crippen LogP contribution in [0.4, 0.5) is 11.5 Å². The van der Waals surface area contributed by atoms with Crippen LogP contribution in [-0.2, 0) is 10.0 Å². The van der Waals surface area contributed by atoms with E-state index in [1.54, 1.807) is 12.3 Å². The van der Waals surface area contributed by atoms with Gasteiger partial charge in [0.2, 0.25) is 10.0 Å².